The number of ether oxygens (including phenoxy) is 1. The Morgan fingerprint density at radius 2 is 2.14 bits per heavy atom. The summed E-state index contributed by atoms with van der Waals surface area (Å²) in [6.07, 6.45) is 7.38. The van der Waals surface area contributed by atoms with E-state index in [1.54, 1.807) is 7.11 Å². The molecule has 1 heterocycles. The summed E-state index contributed by atoms with van der Waals surface area (Å²) in [5.74, 6) is -0.911. The van der Waals surface area contributed by atoms with Crippen LogP contribution in [0.15, 0.2) is 0 Å². The normalized spacial score (nSPS) is 16.5. The third-order valence-corrected chi connectivity index (χ3v) is 5.24. The number of aromatic carboxylic acids is 1. The number of likely N-dealkylation sites (N-methyl/N-ethyl adjacent to an activating group) is 1. The monoisotopic (exact) mass is 312 g/mol. The van der Waals surface area contributed by atoms with Crippen LogP contribution in [0.3, 0.4) is 0 Å². The molecule has 0 unspecified atom stereocenters. The number of rotatable bonds is 7. The van der Waals surface area contributed by atoms with E-state index in [2.05, 4.69) is 16.9 Å². The average molecular weight is 312 g/mol. The van der Waals surface area contributed by atoms with Crippen molar-refractivity contribution in [2.75, 3.05) is 20.7 Å². The van der Waals surface area contributed by atoms with Gasteiger partial charge in [-0.05, 0) is 19.9 Å². The van der Waals surface area contributed by atoms with Gasteiger partial charge in [0, 0.05) is 26.1 Å². The third-order valence-electron chi connectivity index (χ3n) is 4.09. The quantitative estimate of drug-likeness (QED) is 0.839. The van der Waals surface area contributed by atoms with Gasteiger partial charge in [0.25, 0.3) is 0 Å². The molecule has 1 N–H and O–H groups in total. The molecule has 1 aromatic heterocycles. The highest BCUT2D eigenvalue weighted by Gasteiger charge is 2.20. The smallest absolute Gasteiger partial charge is 0.347 e. The topological polar surface area (TPSA) is 62.7 Å². The van der Waals surface area contributed by atoms with E-state index in [1.165, 1.54) is 43.4 Å². The second-order valence-electron chi connectivity index (χ2n) is 5.64. The van der Waals surface area contributed by atoms with Crippen LogP contribution in [0.5, 0.6) is 0 Å². The van der Waals surface area contributed by atoms with Crippen LogP contribution in [-0.2, 0) is 17.8 Å². The van der Waals surface area contributed by atoms with Gasteiger partial charge in [-0.1, -0.05) is 19.3 Å². The van der Waals surface area contributed by atoms with Crippen LogP contribution in [0.1, 0.15) is 52.5 Å². The minimum Gasteiger partial charge on any atom is -0.477 e. The fourth-order valence-corrected chi connectivity index (χ4v) is 3.78. The van der Waals surface area contributed by atoms with E-state index in [0.717, 1.165) is 18.0 Å². The standard InChI is InChI=1S/C15H24N2O3S/c1-17(11-6-4-3-5-7-11)9-8-13-16-12(10-20-2)14(21-13)15(18)19/h11H,3-10H2,1-2H3,(H,18,19). The van der Waals surface area contributed by atoms with Gasteiger partial charge >= 0.3 is 5.97 Å². The van der Waals surface area contributed by atoms with Crippen molar-refractivity contribution in [3.05, 3.63) is 15.6 Å². The second-order valence-corrected chi connectivity index (χ2v) is 6.73. The van der Waals surface area contributed by atoms with E-state index >= 15 is 0 Å². The zero-order valence-electron chi connectivity index (χ0n) is 12.8. The first-order valence-electron chi connectivity index (χ1n) is 7.53. The molecule has 0 radical (unpaired) electrons. The molecule has 0 saturated heterocycles. The lowest BCUT2D eigenvalue weighted by Gasteiger charge is -2.30. The molecule has 2 rings (SSSR count). The molecular weight excluding hydrogens is 288 g/mol. The minimum atomic E-state index is -0.911. The Morgan fingerprint density at radius 3 is 2.76 bits per heavy atom. The highest BCUT2D eigenvalue weighted by atomic mass is 32.1. The fraction of sp³-hybridized carbons (Fsp3) is 0.733. The van der Waals surface area contributed by atoms with E-state index in [4.69, 9.17) is 4.74 Å². The number of aromatic nitrogens is 1. The predicted molar refractivity (Wildman–Crippen MR) is 83.0 cm³/mol. The molecule has 1 fully saturated rings. The Bertz CT molecular complexity index is 469. The minimum absolute atomic E-state index is 0.261. The van der Waals surface area contributed by atoms with Crippen LogP contribution in [0.4, 0.5) is 0 Å². The van der Waals surface area contributed by atoms with E-state index in [9.17, 15) is 9.90 Å². The summed E-state index contributed by atoms with van der Waals surface area (Å²) in [5.41, 5.74) is 0.547. The molecule has 118 valence electrons. The number of carboxylic acids is 1. The molecule has 0 amide bonds. The number of carboxylic acid groups (broad SMARTS) is 1. The summed E-state index contributed by atoms with van der Waals surface area (Å²) in [6, 6.07) is 0.677. The molecule has 1 saturated carbocycles. The van der Waals surface area contributed by atoms with Gasteiger partial charge in [-0.15, -0.1) is 11.3 Å². The van der Waals surface area contributed by atoms with Crippen molar-refractivity contribution in [2.45, 2.75) is 51.2 Å². The lowest BCUT2D eigenvalue weighted by atomic mass is 9.94. The maximum Gasteiger partial charge on any atom is 0.347 e. The van der Waals surface area contributed by atoms with Crippen molar-refractivity contribution in [1.82, 2.24) is 9.88 Å². The summed E-state index contributed by atoms with van der Waals surface area (Å²) in [7, 11) is 3.72. The molecule has 0 spiro atoms. The van der Waals surface area contributed by atoms with Crippen LogP contribution < -0.4 is 0 Å². The first-order valence-corrected chi connectivity index (χ1v) is 8.34. The van der Waals surface area contributed by atoms with Crippen molar-refractivity contribution in [3.63, 3.8) is 0 Å². The summed E-state index contributed by atoms with van der Waals surface area (Å²) in [6.45, 7) is 1.19. The van der Waals surface area contributed by atoms with Gasteiger partial charge in [0.05, 0.1) is 17.3 Å². The van der Waals surface area contributed by atoms with Gasteiger partial charge in [0.2, 0.25) is 0 Å². The number of carbonyl (C=O) groups is 1. The first-order chi connectivity index (χ1) is 10.1. The molecule has 5 nitrogen and oxygen atoms in total. The molecule has 0 atom stereocenters. The molecular formula is C15H24N2O3S. The van der Waals surface area contributed by atoms with Crippen LogP contribution in [0, 0.1) is 0 Å². The van der Waals surface area contributed by atoms with Crippen molar-refractivity contribution in [1.29, 1.82) is 0 Å². The van der Waals surface area contributed by atoms with Gasteiger partial charge in [-0.2, -0.15) is 0 Å². The van der Waals surface area contributed by atoms with Crippen LogP contribution >= 0.6 is 11.3 Å². The van der Waals surface area contributed by atoms with Crippen molar-refractivity contribution in [3.8, 4) is 0 Å². The highest BCUT2D eigenvalue weighted by molar-refractivity contribution is 7.13. The maximum atomic E-state index is 11.2. The number of methoxy groups -OCH3 is 1. The third kappa shape index (κ3) is 4.49. The molecule has 6 heteroatoms. The summed E-state index contributed by atoms with van der Waals surface area (Å²) >= 11 is 1.28. The van der Waals surface area contributed by atoms with Gasteiger partial charge in [0.15, 0.2) is 0 Å². The summed E-state index contributed by atoms with van der Waals surface area (Å²) in [5, 5.41) is 10.1. The average Bonchev–Trinajstić information content (AvgIpc) is 2.89. The maximum absolute atomic E-state index is 11.2. The predicted octanol–water partition coefficient (Wildman–Crippen LogP) is 2.79. The number of thiazole rings is 1. The lowest BCUT2D eigenvalue weighted by molar-refractivity contribution is 0.0697. The number of hydrogen-bond donors (Lipinski definition) is 1. The molecule has 0 bridgehead atoms. The lowest BCUT2D eigenvalue weighted by Crippen LogP contribution is -2.34. The van der Waals surface area contributed by atoms with Crippen LogP contribution in [0.25, 0.3) is 0 Å². The van der Waals surface area contributed by atoms with E-state index in [0.29, 0.717) is 16.6 Å². The molecule has 1 aromatic rings. The largest absolute Gasteiger partial charge is 0.477 e. The van der Waals surface area contributed by atoms with Crippen LogP contribution in [-0.4, -0.2) is 47.7 Å². The zero-order valence-corrected chi connectivity index (χ0v) is 13.6. The van der Waals surface area contributed by atoms with E-state index < -0.39 is 5.97 Å². The van der Waals surface area contributed by atoms with E-state index in [-0.39, 0.29) is 6.61 Å². The SMILES string of the molecule is COCc1nc(CCN(C)C2CCCCC2)sc1C(=O)O. The van der Waals surface area contributed by atoms with Crippen molar-refractivity contribution >= 4 is 17.3 Å². The van der Waals surface area contributed by atoms with Gasteiger partial charge in [-0.3, -0.25) is 0 Å². The Morgan fingerprint density at radius 1 is 1.43 bits per heavy atom. The van der Waals surface area contributed by atoms with Gasteiger partial charge in [-0.25, -0.2) is 9.78 Å². The Hall–Kier alpha value is -0.980. The highest BCUT2D eigenvalue weighted by Crippen LogP contribution is 2.23. The fourth-order valence-electron chi connectivity index (χ4n) is 2.89. The molecule has 21 heavy (non-hydrogen) atoms. The number of nitrogens with zero attached hydrogens (tertiary/aromatic N) is 2. The van der Waals surface area contributed by atoms with Crippen LogP contribution in [0.2, 0.25) is 0 Å². The molecule has 1 aliphatic carbocycles. The number of hydrogen-bond acceptors (Lipinski definition) is 5. The van der Waals surface area contributed by atoms with Crippen molar-refractivity contribution in [2.24, 2.45) is 0 Å². The summed E-state index contributed by atoms with van der Waals surface area (Å²) in [4.78, 5) is 18.3. The Balaban J connectivity index is 1.92. The van der Waals surface area contributed by atoms with Crippen molar-refractivity contribution < 1.29 is 14.6 Å². The summed E-state index contributed by atoms with van der Waals surface area (Å²) < 4.78 is 5.02. The molecule has 1 aliphatic rings. The first kappa shape index (κ1) is 16.4. The van der Waals surface area contributed by atoms with Gasteiger partial charge < -0.3 is 14.7 Å². The van der Waals surface area contributed by atoms with Gasteiger partial charge in [0.1, 0.15) is 4.88 Å². The second kappa shape index (κ2) is 7.87. The molecule has 0 aromatic carbocycles. The van der Waals surface area contributed by atoms with E-state index in [1.807, 2.05) is 0 Å². The Labute approximate surface area is 129 Å². The molecule has 0 aliphatic heterocycles. The Kier molecular flexibility index (Phi) is 6.14. The zero-order chi connectivity index (χ0) is 15.2.